The molecule has 0 aliphatic carbocycles. The van der Waals surface area contributed by atoms with E-state index in [0.29, 0.717) is 12.1 Å². The lowest BCUT2D eigenvalue weighted by atomic mass is 10.1. The van der Waals surface area contributed by atoms with E-state index in [9.17, 15) is 10.1 Å². The summed E-state index contributed by atoms with van der Waals surface area (Å²) in [5.74, 6) is 0. The van der Waals surface area contributed by atoms with Crippen molar-refractivity contribution in [3.05, 3.63) is 36.0 Å². The smallest absolute Gasteiger partial charge is 0.412 e. The summed E-state index contributed by atoms with van der Waals surface area (Å²) in [5.41, 5.74) is 1.95. The molecule has 0 spiro atoms. The lowest BCUT2D eigenvalue weighted by Gasteiger charge is -2.43. The quantitative estimate of drug-likeness (QED) is 0.651. The summed E-state index contributed by atoms with van der Waals surface area (Å²) >= 11 is 0. The Kier molecular flexibility index (Phi) is 7.73. The summed E-state index contributed by atoms with van der Waals surface area (Å²) in [6.07, 6.45) is 1.54. The van der Waals surface area contributed by atoms with Gasteiger partial charge in [-0.25, -0.2) is 4.79 Å². The van der Waals surface area contributed by atoms with Crippen molar-refractivity contribution >= 4 is 22.7 Å². The molecule has 1 amide bonds. The fraction of sp³-hybridized carbons (Fsp3) is 0.607. The van der Waals surface area contributed by atoms with Crippen LogP contribution in [0.4, 0.5) is 10.5 Å². The van der Waals surface area contributed by atoms with Crippen LogP contribution in [0.1, 0.15) is 33.3 Å². The summed E-state index contributed by atoms with van der Waals surface area (Å²) in [7, 11) is 0. The maximum Gasteiger partial charge on any atom is 0.412 e. The number of amides is 1. The number of hydrogen-bond donors (Lipinski definition) is 1. The molecular weight excluding hydrogens is 482 g/mol. The molecule has 0 radical (unpaired) electrons. The van der Waals surface area contributed by atoms with Gasteiger partial charge in [0.05, 0.1) is 23.3 Å². The van der Waals surface area contributed by atoms with Crippen molar-refractivity contribution in [3.63, 3.8) is 0 Å². The molecule has 204 valence electrons. The zero-order chi connectivity index (χ0) is 26.9. The summed E-state index contributed by atoms with van der Waals surface area (Å²) < 4.78 is 12.0. The highest BCUT2D eigenvalue weighted by atomic mass is 16.6. The Balaban J connectivity index is 1.19. The molecule has 3 aliphatic rings. The van der Waals surface area contributed by atoms with Crippen LogP contribution in [0.5, 0.6) is 0 Å². The second-order valence-electron chi connectivity index (χ2n) is 11.5. The Labute approximate surface area is 225 Å². The van der Waals surface area contributed by atoms with Crippen LogP contribution in [-0.4, -0.2) is 109 Å². The van der Waals surface area contributed by atoms with Crippen LogP contribution < -0.4 is 10.2 Å². The number of carbonyl (C=O) groups is 1. The van der Waals surface area contributed by atoms with Gasteiger partial charge in [0.2, 0.25) is 0 Å². The summed E-state index contributed by atoms with van der Waals surface area (Å²) in [5, 5.41) is 14.0. The lowest BCUT2D eigenvalue weighted by molar-refractivity contribution is -0.0472. The first-order chi connectivity index (χ1) is 18.2. The fourth-order valence-electron chi connectivity index (χ4n) is 5.73. The number of pyridine rings is 1. The molecule has 3 saturated heterocycles. The summed E-state index contributed by atoms with van der Waals surface area (Å²) in [6, 6.07) is 10.2. The molecule has 4 heterocycles. The summed E-state index contributed by atoms with van der Waals surface area (Å²) in [6.45, 7) is 15.3. The Morgan fingerprint density at radius 2 is 1.97 bits per heavy atom. The Morgan fingerprint density at radius 3 is 2.71 bits per heavy atom. The van der Waals surface area contributed by atoms with Gasteiger partial charge in [-0.2, -0.15) is 5.26 Å². The molecule has 1 N–H and O–H groups in total. The number of carbonyl (C=O) groups excluding carboxylic acids is 1. The third-order valence-electron chi connectivity index (χ3n) is 7.35. The molecule has 10 heteroatoms. The van der Waals surface area contributed by atoms with Crippen molar-refractivity contribution < 1.29 is 14.3 Å². The lowest BCUT2D eigenvalue weighted by Crippen LogP contribution is -2.60. The number of aromatic nitrogens is 1. The predicted molar refractivity (Wildman–Crippen MR) is 146 cm³/mol. The number of nitrogens with zero attached hydrogens (tertiary/aromatic N) is 6. The van der Waals surface area contributed by atoms with E-state index in [0.717, 1.165) is 68.9 Å². The number of hydrogen-bond acceptors (Lipinski definition) is 9. The van der Waals surface area contributed by atoms with Crippen molar-refractivity contribution in [2.24, 2.45) is 0 Å². The van der Waals surface area contributed by atoms with Gasteiger partial charge in [-0.1, -0.05) is 0 Å². The zero-order valence-electron chi connectivity index (χ0n) is 22.9. The number of rotatable bonds is 4. The normalized spacial score (nSPS) is 25.5. The number of morpholine rings is 1. The maximum atomic E-state index is 12.7. The molecular formula is C28H39N7O3. The minimum atomic E-state index is -0.505. The molecule has 3 atom stereocenters. The zero-order valence-corrected chi connectivity index (χ0v) is 22.9. The van der Waals surface area contributed by atoms with Crippen LogP contribution in [0.3, 0.4) is 0 Å². The third kappa shape index (κ3) is 5.86. The average Bonchev–Trinajstić information content (AvgIpc) is 3.37. The minimum Gasteiger partial charge on any atom is -0.444 e. The Bertz CT molecular complexity index is 1190. The molecule has 3 fully saturated rings. The van der Waals surface area contributed by atoms with Crippen molar-refractivity contribution in [2.45, 2.75) is 51.8 Å². The van der Waals surface area contributed by atoms with Crippen LogP contribution in [0.25, 0.3) is 10.9 Å². The average molecular weight is 522 g/mol. The van der Waals surface area contributed by atoms with Gasteiger partial charge in [-0.05, 0) is 52.0 Å². The van der Waals surface area contributed by atoms with Crippen molar-refractivity contribution in [2.75, 3.05) is 63.8 Å². The van der Waals surface area contributed by atoms with Gasteiger partial charge in [0, 0.05) is 76.2 Å². The number of anilines is 1. The molecule has 2 aromatic rings. The third-order valence-corrected chi connectivity index (χ3v) is 7.35. The van der Waals surface area contributed by atoms with Crippen molar-refractivity contribution in [3.8, 4) is 6.07 Å². The SMILES string of the molecule is C[C@@H]1CN(c2ccc(C#N)c3ncccc23)C[C@H](CN2CCN(C3NCCN3C(=O)OC(C)(C)C)CC2)O1. The van der Waals surface area contributed by atoms with Gasteiger partial charge in [-0.3, -0.25) is 25.0 Å². The van der Waals surface area contributed by atoms with E-state index in [1.165, 1.54) is 0 Å². The highest BCUT2D eigenvalue weighted by Crippen LogP contribution is 2.30. The van der Waals surface area contributed by atoms with E-state index in [1.54, 1.807) is 6.20 Å². The molecule has 1 aromatic carbocycles. The molecule has 3 aliphatic heterocycles. The molecule has 38 heavy (non-hydrogen) atoms. The number of piperazine rings is 1. The van der Waals surface area contributed by atoms with Crippen LogP contribution in [0, 0.1) is 11.3 Å². The van der Waals surface area contributed by atoms with Crippen LogP contribution in [0.15, 0.2) is 30.5 Å². The van der Waals surface area contributed by atoms with E-state index in [1.807, 2.05) is 49.9 Å². The number of benzene rings is 1. The van der Waals surface area contributed by atoms with E-state index >= 15 is 0 Å². The first-order valence-corrected chi connectivity index (χ1v) is 13.6. The minimum absolute atomic E-state index is 0.0792. The maximum absolute atomic E-state index is 12.7. The van der Waals surface area contributed by atoms with Gasteiger partial charge < -0.3 is 14.4 Å². The van der Waals surface area contributed by atoms with Crippen LogP contribution in [-0.2, 0) is 9.47 Å². The molecule has 10 nitrogen and oxygen atoms in total. The van der Waals surface area contributed by atoms with Gasteiger partial charge in [0.15, 0.2) is 0 Å². The molecule has 1 unspecified atom stereocenters. The number of nitrogens with one attached hydrogen (secondary N) is 1. The van der Waals surface area contributed by atoms with Crippen LogP contribution >= 0.6 is 0 Å². The second-order valence-corrected chi connectivity index (χ2v) is 11.5. The summed E-state index contributed by atoms with van der Waals surface area (Å²) in [4.78, 5) is 26.2. The topological polar surface area (TPSA) is 97.2 Å². The molecule has 1 aromatic heterocycles. The highest BCUT2D eigenvalue weighted by molar-refractivity contribution is 5.95. The monoisotopic (exact) mass is 521 g/mol. The highest BCUT2D eigenvalue weighted by Gasteiger charge is 2.37. The van der Waals surface area contributed by atoms with E-state index in [2.05, 4.69) is 38.0 Å². The first-order valence-electron chi connectivity index (χ1n) is 13.6. The molecule has 0 bridgehead atoms. The Hall–Kier alpha value is -2.97. The standard InChI is InChI=1S/C28H39N7O3/c1-20-17-34(24-8-7-21(16-29)25-23(24)6-5-9-30-25)19-22(37-20)18-32-12-14-33(15-13-32)26-31-10-11-35(26)27(36)38-28(2,3)4/h5-9,20,22,26,31H,10-15,17-19H2,1-4H3/t20-,22+,26?/m1/s1. The Morgan fingerprint density at radius 1 is 1.18 bits per heavy atom. The van der Waals surface area contributed by atoms with Crippen molar-refractivity contribution in [1.29, 1.82) is 5.26 Å². The second kappa shape index (κ2) is 11.0. The predicted octanol–water partition coefficient (Wildman–Crippen LogP) is 2.44. The largest absolute Gasteiger partial charge is 0.444 e. The number of fused-ring (bicyclic) bond motifs is 1. The number of ether oxygens (including phenoxy) is 2. The van der Waals surface area contributed by atoms with Crippen molar-refractivity contribution in [1.82, 2.24) is 25.0 Å². The fourth-order valence-corrected chi connectivity index (χ4v) is 5.73. The van der Waals surface area contributed by atoms with Crippen LogP contribution in [0.2, 0.25) is 0 Å². The van der Waals surface area contributed by atoms with Gasteiger partial charge >= 0.3 is 6.09 Å². The van der Waals surface area contributed by atoms with Gasteiger partial charge in [0.1, 0.15) is 18.0 Å². The van der Waals surface area contributed by atoms with E-state index in [4.69, 9.17) is 9.47 Å². The first kappa shape index (κ1) is 26.6. The molecule has 0 saturated carbocycles. The molecule has 5 rings (SSSR count). The van der Waals surface area contributed by atoms with Gasteiger partial charge in [-0.15, -0.1) is 0 Å². The van der Waals surface area contributed by atoms with E-state index < -0.39 is 5.60 Å². The van der Waals surface area contributed by atoms with Gasteiger partial charge in [0.25, 0.3) is 0 Å². The van der Waals surface area contributed by atoms with E-state index in [-0.39, 0.29) is 24.6 Å². The number of nitriles is 1.